The van der Waals surface area contributed by atoms with Crippen molar-refractivity contribution in [2.45, 2.75) is 32.6 Å². The first-order chi connectivity index (χ1) is 12.3. The number of ether oxygens (including phenoxy) is 3. The van der Waals surface area contributed by atoms with Crippen LogP contribution in [0.15, 0.2) is 39.3 Å². The molecule has 0 bridgehead atoms. The second-order valence-corrected chi connectivity index (χ2v) is 7.83. The molecule has 0 spiro atoms. The highest BCUT2D eigenvalue weighted by Gasteiger charge is 2.14. The van der Waals surface area contributed by atoms with Gasteiger partial charge in [-0.05, 0) is 80.1 Å². The van der Waals surface area contributed by atoms with Gasteiger partial charge < -0.3 is 14.2 Å². The fourth-order valence-corrected chi connectivity index (χ4v) is 3.99. The van der Waals surface area contributed by atoms with E-state index in [1.807, 2.05) is 30.3 Å². The van der Waals surface area contributed by atoms with Gasteiger partial charge in [0.1, 0.15) is 11.5 Å². The van der Waals surface area contributed by atoms with E-state index in [2.05, 4.69) is 50.4 Å². The number of hydrogen-bond acceptors (Lipinski definition) is 4. The van der Waals surface area contributed by atoms with Crippen molar-refractivity contribution in [1.29, 1.82) is 0 Å². The normalized spacial score (nSPS) is 10.7. The molecule has 2 aromatic carbocycles. The van der Waals surface area contributed by atoms with E-state index in [4.69, 9.17) is 9.47 Å². The lowest BCUT2D eigenvalue weighted by atomic mass is 10.0. The molecule has 0 unspecified atom stereocenters. The first-order valence-electron chi connectivity index (χ1n) is 8.26. The lowest BCUT2D eigenvalue weighted by molar-refractivity contribution is -0.140. The molecule has 2 rings (SSSR count). The van der Waals surface area contributed by atoms with Crippen LogP contribution in [0.25, 0.3) is 0 Å². The molecule has 0 aromatic heterocycles. The maximum absolute atomic E-state index is 11.3. The second-order valence-electron chi connectivity index (χ2n) is 6.13. The van der Waals surface area contributed by atoms with Gasteiger partial charge in [-0.1, -0.05) is 13.8 Å². The minimum Gasteiger partial charge on any atom is -0.496 e. The fourth-order valence-electron chi connectivity index (χ4n) is 2.55. The predicted molar refractivity (Wildman–Crippen MR) is 109 cm³/mol. The molecule has 0 saturated heterocycles. The van der Waals surface area contributed by atoms with Crippen LogP contribution >= 0.6 is 31.9 Å². The van der Waals surface area contributed by atoms with Crippen molar-refractivity contribution in [3.8, 4) is 17.2 Å². The molecular weight excluding hydrogens is 464 g/mol. The van der Waals surface area contributed by atoms with Crippen LogP contribution in [0.2, 0.25) is 0 Å². The van der Waals surface area contributed by atoms with Gasteiger partial charge in [0.05, 0.1) is 23.2 Å². The van der Waals surface area contributed by atoms with Crippen molar-refractivity contribution >= 4 is 37.8 Å². The van der Waals surface area contributed by atoms with E-state index in [1.165, 1.54) is 7.11 Å². The van der Waals surface area contributed by atoms with Gasteiger partial charge in [-0.15, -0.1) is 0 Å². The minimum atomic E-state index is -0.225. The number of methoxy groups -OCH3 is 2. The highest BCUT2D eigenvalue weighted by molar-refractivity contribution is 9.11. The van der Waals surface area contributed by atoms with Gasteiger partial charge in [0, 0.05) is 12.0 Å². The number of carbonyl (C=O) groups is 1. The third kappa shape index (κ3) is 5.24. The average molecular weight is 486 g/mol. The molecule has 2 aromatic rings. The second kappa shape index (κ2) is 9.42. The highest BCUT2D eigenvalue weighted by Crippen LogP contribution is 2.39. The van der Waals surface area contributed by atoms with E-state index in [0.29, 0.717) is 24.5 Å². The lowest BCUT2D eigenvalue weighted by Crippen LogP contribution is -2.02. The first-order valence-corrected chi connectivity index (χ1v) is 9.84. The first kappa shape index (κ1) is 20.8. The average Bonchev–Trinajstić information content (AvgIpc) is 2.62. The molecule has 4 nitrogen and oxygen atoms in total. The Labute approximate surface area is 171 Å². The van der Waals surface area contributed by atoms with Crippen LogP contribution in [0, 0.1) is 0 Å². The number of esters is 1. The number of benzene rings is 2. The van der Waals surface area contributed by atoms with E-state index in [9.17, 15) is 4.79 Å². The third-order valence-corrected chi connectivity index (χ3v) is 5.12. The largest absolute Gasteiger partial charge is 0.496 e. The number of halogens is 2. The van der Waals surface area contributed by atoms with Crippen molar-refractivity contribution in [3.63, 3.8) is 0 Å². The Morgan fingerprint density at radius 1 is 1.08 bits per heavy atom. The standard InChI is InChI=1S/C20H22Br2O4/c1-12(2)15-11-14(6-7-18(15)24-3)26-20-16(21)9-13(10-17(20)22)5-8-19(23)25-4/h6-7,9-12H,5,8H2,1-4H3. The molecule has 0 amide bonds. The van der Waals surface area contributed by atoms with E-state index in [-0.39, 0.29) is 5.97 Å². The summed E-state index contributed by atoms with van der Waals surface area (Å²) in [6, 6.07) is 9.70. The van der Waals surface area contributed by atoms with E-state index in [0.717, 1.165) is 31.6 Å². The quantitative estimate of drug-likeness (QED) is 0.435. The van der Waals surface area contributed by atoms with Gasteiger partial charge in [0.25, 0.3) is 0 Å². The Hall–Kier alpha value is -1.53. The molecule has 0 saturated carbocycles. The van der Waals surface area contributed by atoms with Gasteiger partial charge in [-0.2, -0.15) is 0 Å². The van der Waals surface area contributed by atoms with Crippen LogP contribution in [0.3, 0.4) is 0 Å². The summed E-state index contributed by atoms with van der Waals surface area (Å²) >= 11 is 7.12. The predicted octanol–water partition coefficient (Wildman–Crippen LogP) is 6.24. The Kier molecular flexibility index (Phi) is 7.53. The Bertz CT molecular complexity index is 764. The van der Waals surface area contributed by atoms with Gasteiger partial charge >= 0.3 is 5.97 Å². The lowest BCUT2D eigenvalue weighted by Gasteiger charge is -2.16. The summed E-state index contributed by atoms with van der Waals surface area (Å²) in [5.74, 6) is 2.37. The van der Waals surface area contributed by atoms with Gasteiger partial charge in [-0.25, -0.2) is 0 Å². The Morgan fingerprint density at radius 3 is 2.27 bits per heavy atom. The SMILES string of the molecule is COC(=O)CCc1cc(Br)c(Oc2ccc(OC)c(C(C)C)c2)c(Br)c1. The summed E-state index contributed by atoms with van der Waals surface area (Å²) in [6.07, 6.45) is 0.940. The van der Waals surface area contributed by atoms with Crippen molar-refractivity contribution in [3.05, 3.63) is 50.4 Å². The topological polar surface area (TPSA) is 44.8 Å². The summed E-state index contributed by atoms with van der Waals surface area (Å²) in [6.45, 7) is 4.23. The maximum atomic E-state index is 11.3. The third-order valence-electron chi connectivity index (χ3n) is 3.95. The number of aryl methyl sites for hydroxylation is 1. The molecule has 140 valence electrons. The number of rotatable bonds is 7. The Balaban J connectivity index is 2.24. The molecule has 0 aliphatic rings. The summed E-state index contributed by atoms with van der Waals surface area (Å²) in [7, 11) is 3.06. The van der Waals surface area contributed by atoms with Crippen LogP contribution in [0.5, 0.6) is 17.2 Å². The van der Waals surface area contributed by atoms with E-state index < -0.39 is 0 Å². The molecule has 0 aliphatic carbocycles. The molecule has 0 aliphatic heterocycles. The number of hydrogen-bond donors (Lipinski definition) is 0. The van der Waals surface area contributed by atoms with Crippen LogP contribution < -0.4 is 9.47 Å². The van der Waals surface area contributed by atoms with Crippen molar-refractivity contribution in [2.24, 2.45) is 0 Å². The minimum absolute atomic E-state index is 0.225. The molecule has 0 atom stereocenters. The van der Waals surface area contributed by atoms with Crippen molar-refractivity contribution in [2.75, 3.05) is 14.2 Å². The summed E-state index contributed by atoms with van der Waals surface area (Å²) in [5, 5.41) is 0. The summed E-state index contributed by atoms with van der Waals surface area (Å²) in [4.78, 5) is 11.3. The molecule has 6 heteroatoms. The molecule has 0 heterocycles. The zero-order valence-electron chi connectivity index (χ0n) is 15.3. The van der Waals surface area contributed by atoms with Crippen LogP contribution in [-0.2, 0) is 16.0 Å². The van der Waals surface area contributed by atoms with E-state index >= 15 is 0 Å². The number of carbonyl (C=O) groups excluding carboxylic acids is 1. The molecule has 26 heavy (non-hydrogen) atoms. The maximum Gasteiger partial charge on any atom is 0.305 e. The molecule has 0 N–H and O–H groups in total. The molecular formula is C20H22Br2O4. The van der Waals surface area contributed by atoms with Crippen LogP contribution in [0.1, 0.15) is 37.3 Å². The van der Waals surface area contributed by atoms with E-state index in [1.54, 1.807) is 7.11 Å². The zero-order valence-corrected chi connectivity index (χ0v) is 18.4. The fraction of sp³-hybridized carbons (Fsp3) is 0.350. The van der Waals surface area contributed by atoms with Gasteiger partial charge in [-0.3, -0.25) is 4.79 Å². The Morgan fingerprint density at radius 2 is 1.73 bits per heavy atom. The molecule has 0 radical (unpaired) electrons. The van der Waals surface area contributed by atoms with Gasteiger partial charge in [0.15, 0.2) is 5.75 Å². The van der Waals surface area contributed by atoms with Gasteiger partial charge in [0.2, 0.25) is 0 Å². The van der Waals surface area contributed by atoms with Crippen molar-refractivity contribution < 1.29 is 19.0 Å². The van der Waals surface area contributed by atoms with Crippen molar-refractivity contribution in [1.82, 2.24) is 0 Å². The highest BCUT2D eigenvalue weighted by atomic mass is 79.9. The van der Waals surface area contributed by atoms with Crippen LogP contribution in [0.4, 0.5) is 0 Å². The summed E-state index contributed by atoms with van der Waals surface area (Å²) < 4.78 is 17.8. The smallest absolute Gasteiger partial charge is 0.305 e. The summed E-state index contributed by atoms with van der Waals surface area (Å²) in [5.41, 5.74) is 2.10. The molecule has 0 fully saturated rings. The monoisotopic (exact) mass is 484 g/mol. The zero-order chi connectivity index (χ0) is 19.3. The van der Waals surface area contributed by atoms with Crippen LogP contribution in [-0.4, -0.2) is 20.2 Å².